The molecule has 1 amide bonds. The Morgan fingerprint density at radius 3 is 2.89 bits per heavy atom. The summed E-state index contributed by atoms with van der Waals surface area (Å²) in [6, 6.07) is 3.35. The summed E-state index contributed by atoms with van der Waals surface area (Å²) < 4.78 is 5.03. The number of amides is 1. The molecule has 1 N–H and O–H groups in total. The third-order valence-corrected chi connectivity index (χ3v) is 5.49. The fourth-order valence-electron chi connectivity index (χ4n) is 3.93. The maximum absolute atomic E-state index is 12.8. The molecule has 148 valence electrons. The zero-order chi connectivity index (χ0) is 19.7. The maximum atomic E-state index is 12.8. The number of rotatable bonds is 3. The number of nitrogens with zero attached hydrogens (tertiary/aromatic N) is 4. The van der Waals surface area contributed by atoms with Crippen LogP contribution < -0.4 is 15.2 Å². The van der Waals surface area contributed by atoms with E-state index in [1.54, 1.807) is 17.0 Å². The standard InChI is InChI=1S/C20H25N5O3/c1-13-4-3-8-25(11-13)20-22-16-7-9-24(12-15(16)18(26)23-20)19(27)14-5-6-17(28-2)21-10-14/h5-6,10,13H,3-4,7-9,11-12H2,1-2H3,(H,22,23,26)/t13-/m1/s1. The van der Waals surface area contributed by atoms with Crippen molar-refractivity contribution in [1.82, 2.24) is 19.9 Å². The number of aromatic amines is 1. The monoisotopic (exact) mass is 383 g/mol. The second-order valence-electron chi connectivity index (χ2n) is 7.57. The van der Waals surface area contributed by atoms with Gasteiger partial charge in [-0.2, -0.15) is 0 Å². The largest absolute Gasteiger partial charge is 0.481 e. The van der Waals surface area contributed by atoms with Crippen molar-refractivity contribution in [2.75, 3.05) is 31.6 Å². The summed E-state index contributed by atoms with van der Waals surface area (Å²) in [7, 11) is 1.53. The van der Waals surface area contributed by atoms with Gasteiger partial charge in [-0.05, 0) is 24.8 Å². The number of hydrogen-bond acceptors (Lipinski definition) is 6. The van der Waals surface area contributed by atoms with Gasteiger partial charge < -0.3 is 14.5 Å². The van der Waals surface area contributed by atoms with Crippen LogP contribution >= 0.6 is 0 Å². The molecule has 28 heavy (non-hydrogen) atoms. The molecule has 0 spiro atoms. The highest BCUT2D eigenvalue weighted by molar-refractivity contribution is 5.94. The topological polar surface area (TPSA) is 91.4 Å². The Bertz CT molecular complexity index is 924. The van der Waals surface area contributed by atoms with E-state index in [1.807, 2.05) is 0 Å². The summed E-state index contributed by atoms with van der Waals surface area (Å²) in [5, 5.41) is 0. The number of carbonyl (C=O) groups excluding carboxylic acids is 1. The number of fused-ring (bicyclic) bond motifs is 1. The Labute approximate surface area is 163 Å². The molecule has 2 aliphatic heterocycles. The SMILES string of the molecule is COc1ccc(C(=O)N2CCc3nc(N4CCC[C@@H](C)C4)[nH]c(=O)c3C2)cn1. The molecular formula is C20H25N5O3. The molecule has 8 nitrogen and oxygen atoms in total. The average Bonchev–Trinajstić information content (AvgIpc) is 2.73. The number of pyridine rings is 1. The van der Waals surface area contributed by atoms with Gasteiger partial charge in [-0.3, -0.25) is 14.6 Å². The quantitative estimate of drug-likeness (QED) is 0.866. The molecule has 4 heterocycles. The molecule has 4 rings (SSSR count). The van der Waals surface area contributed by atoms with Crippen LogP contribution in [0.15, 0.2) is 23.1 Å². The Morgan fingerprint density at radius 1 is 1.32 bits per heavy atom. The molecule has 8 heteroatoms. The van der Waals surface area contributed by atoms with Gasteiger partial charge in [0.1, 0.15) is 0 Å². The van der Waals surface area contributed by atoms with Gasteiger partial charge in [-0.25, -0.2) is 9.97 Å². The molecule has 2 aromatic heterocycles. The van der Waals surface area contributed by atoms with Gasteiger partial charge in [0.25, 0.3) is 11.5 Å². The number of methoxy groups -OCH3 is 1. The molecule has 1 atom stereocenters. The summed E-state index contributed by atoms with van der Waals surface area (Å²) in [4.78, 5) is 41.1. The van der Waals surface area contributed by atoms with E-state index in [0.29, 0.717) is 41.8 Å². The fraction of sp³-hybridized carbons (Fsp3) is 0.500. The third-order valence-electron chi connectivity index (χ3n) is 5.49. The van der Waals surface area contributed by atoms with E-state index in [9.17, 15) is 9.59 Å². The number of hydrogen-bond donors (Lipinski definition) is 1. The summed E-state index contributed by atoms with van der Waals surface area (Å²) in [5.74, 6) is 1.57. The van der Waals surface area contributed by atoms with Crippen LogP contribution in [0.4, 0.5) is 5.95 Å². The van der Waals surface area contributed by atoms with Crippen molar-refractivity contribution in [3.05, 3.63) is 45.5 Å². The minimum Gasteiger partial charge on any atom is -0.481 e. The van der Waals surface area contributed by atoms with E-state index in [4.69, 9.17) is 9.72 Å². The summed E-state index contributed by atoms with van der Waals surface area (Å²) in [6.07, 6.45) is 4.40. The predicted octanol–water partition coefficient (Wildman–Crippen LogP) is 1.61. The number of carbonyl (C=O) groups is 1. The number of aromatic nitrogens is 3. The highest BCUT2D eigenvalue weighted by atomic mass is 16.5. The summed E-state index contributed by atoms with van der Waals surface area (Å²) >= 11 is 0. The van der Waals surface area contributed by atoms with Crippen LogP contribution in [0.5, 0.6) is 5.88 Å². The minimum absolute atomic E-state index is 0.144. The van der Waals surface area contributed by atoms with Crippen LogP contribution in [0.25, 0.3) is 0 Å². The zero-order valence-corrected chi connectivity index (χ0v) is 16.3. The highest BCUT2D eigenvalue weighted by Crippen LogP contribution is 2.22. The molecule has 0 aromatic carbocycles. The number of piperidine rings is 1. The minimum atomic E-state index is -0.149. The van der Waals surface area contributed by atoms with E-state index in [-0.39, 0.29) is 18.0 Å². The van der Waals surface area contributed by atoms with Crippen molar-refractivity contribution in [1.29, 1.82) is 0 Å². The average molecular weight is 383 g/mol. The van der Waals surface area contributed by atoms with Crippen LogP contribution in [0.2, 0.25) is 0 Å². The van der Waals surface area contributed by atoms with Crippen molar-refractivity contribution >= 4 is 11.9 Å². The van der Waals surface area contributed by atoms with E-state index < -0.39 is 0 Å². The molecule has 2 aliphatic rings. The number of nitrogens with one attached hydrogen (secondary N) is 1. The lowest BCUT2D eigenvalue weighted by molar-refractivity contribution is 0.0732. The molecule has 1 saturated heterocycles. The van der Waals surface area contributed by atoms with Crippen molar-refractivity contribution in [2.24, 2.45) is 5.92 Å². The van der Waals surface area contributed by atoms with Gasteiger partial charge in [-0.15, -0.1) is 0 Å². The predicted molar refractivity (Wildman–Crippen MR) is 105 cm³/mol. The van der Waals surface area contributed by atoms with Crippen LogP contribution in [0.1, 0.15) is 41.4 Å². The first-order valence-electron chi connectivity index (χ1n) is 9.71. The van der Waals surface area contributed by atoms with E-state index in [0.717, 1.165) is 25.2 Å². The van der Waals surface area contributed by atoms with Crippen LogP contribution in [-0.4, -0.2) is 52.5 Å². The van der Waals surface area contributed by atoms with Crippen molar-refractivity contribution in [2.45, 2.75) is 32.7 Å². The van der Waals surface area contributed by atoms with Crippen LogP contribution in [-0.2, 0) is 13.0 Å². The normalized spacial score (nSPS) is 19.3. The Hall–Kier alpha value is -2.90. The molecule has 0 bridgehead atoms. The molecule has 2 aromatic rings. The molecule has 0 radical (unpaired) electrons. The fourth-order valence-corrected chi connectivity index (χ4v) is 3.93. The highest BCUT2D eigenvalue weighted by Gasteiger charge is 2.27. The van der Waals surface area contributed by atoms with E-state index in [2.05, 4.69) is 21.8 Å². The van der Waals surface area contributed by atoms with Crippen molar-refractivity contribution < 1.29 is 9.53 Å². The first-order valence-corrected chi connectivity index (χ1v) is 9.71. The third kappa shape index (κ3) is 3.58. The van der Waals surface area contributed by atoms with Crippen molar-refractivity contribution in [3.63, 3.8) is 0 Å². The van der Waals surface area contributed by atoms with Gasteiger partial charge in [0.15, 0.2) is 0 Å². The van der Waals surface area contributed by atoms with Gasteiger partial charge >= 0.3 is 0 Å². The first-order chi connectivity index (χ1) is 13.5. The summed E-state index contributed by atoms with van der Waals surface area (Å²) in [5.41, 5.74) is 1.71. The molecule has 0 unspecified atom stereocenters. The second kappa shape index (κ2) is 7.61. The lowest BCUT2D eigenvalue weighted by atomic mass is 10.0. The summed E-state index contributed by atoms with van der Waals surface area (Å²) in [6.45, 7) is 4.85. The van der Waals surface area contributed by atoms with Gasteiger partial charge in [-0.1, -0.05) is 6.92 Å². The number of ether oxygens (including phenoxy) is 1. The van der Waals surface area contributed by atoms with Crippen molar-refractivity contribution in [3.8, 4) is 5.88 Å². The van der Waals surface area contributed by atoms with Crippen LogP contribution in [0, 0.1) is 5.92 Å². The second-order valence-corrected chi connectivity index (χ2v) is 7.57. The van der Waals surface area contributed by atoms with Gasteiger partial charge in [0, 0.05) is 38.3 Å². The smallest absolute Gasteiger partial charge is 0.257 e. The van der Waals surface area contributed by atoms with E-state index >= 15 is 0 Å². The van der Waals surface area contributed by atoms with Gasteiger partial charge in [0.2, 0.25) is 11.8 Å². The molecule has 0 saturated carbocycles. The number of H-pyrrole nitrogens is 1. The lowest BCUT2D eigenvalue weighted by Crippen LogP contribution is -2.41. The van der Waals surface area contributed by atoms with Crippen LogP contribution in [0.3, 0.4) is 0 Å². The first kappa shape index (κ1) is 18.5. The lowest BCUT2D eigenvalue weighted by Gasteiger charge is -2.33. The zero-order valence-electron chi connectivity index (χ0n) is 16.3. The molecule has 1 fully saturated rings. The molecule has 0 aliphatic carbocycles. The maximum Gasteiger partial charge on any atom is 0.257 e. The Morgan fingerprint density at radius 2 is 2.18 bits per heavy atom. The number of anilines is 1. The van der Waals surface area contributed by atoms with E-state index in [1.165, 1.54) is 19.7 Å². The Kier molecular flexibility index (Phi) is 5.02. The Balaban J connectivity index is 1.53. The molecular weight excluding hydrogens is 358 g/mol. The van der Waals surface area contributed by atoms with Gasteiger partial charge in [0.05, 0.1) is 30.5 Å².